The summed E-state index contributed by atoms with van der Waals surface area (Å²) in [6, 6.07) is 4.23. The first-order valence-electron chi connectivity index (χ1n) is 6.61. The Morgan fingerprint density at radius 1 is 1.38 bits per heavy atom. The highest BCUT2D eigenvalue weighted by Gasteiger charge is 2.36. The van der Waals surface area contributed by atoms with Gasteiger partial charge in [-0.1, -0.05) is 12.5 Å². The summed E-state index contributed by atoms with van der Waals surface area (Å²) in [7, 11) is -3.90. The van der Waals surface area contributed by atoms with E-state index < -0.39 is 21.0 Å². The lowest BCUT2D eigenvalue weighted by Crippen LogP contribution is -2.47. The van der Waals surface area contributed by atoms with Crippen LogP contribution in [0.2, 0.25) is 0 Å². The van der Waals surface area contributed by atoms with E-state index in [1.165, 1.54) is 25.1 Å². The van der Waals surface area contributed by atoms with Crippen LogP contribution in [0.5, 0.6) is 0 Å². The van der Waals surface area contributed by atoms with Crippen LogP contribution in [0, 0.1) is 10.1 Å². The summed E-state index contributed by atoms with van der Waals surface area (Å²) in [5.41, 5.74) is -0.285. The zero-order chi connectivity index (χ0) is 15.6. The number of hydrogen-bond donors (Lipinski definition) is 0. The van der Waals surface area contributed by atoms with Gasteiger partial charge in [-0.15, -0.1) is 0 Å². The summed E-state index contributed by atoms with van der Waals surface area (Å²) >= 11 is 0. The molecule has 2 rings (SSSR count). The molecule has 0 spiro atoms. The third kappa shape index (κ3) is 3.11. The second-order valence-electron chi connectivity index (χ2n) is 4.99. The predicted octanol–water partition coefficient (Wildman–Crippen LogP) is 1.73. The van der Waals surface area contributed by atoms with Crippen molar-refractivity contribution in [3.05, 3.63) is 34.4 Å². The van der Waals surface area contributed by atoms with Gasteiger partial charge in [0.15, 0.2) is 0 Å². The van der Waals surface area contributed by atoms with E-state index in [-0.39, 0.29) is 22.9 Å². The number of hydrogen-bond acceptors (Lipinski definition) is 5. The van der Waals surface area contributed by atoms with E-state index in [4.69, 9.17) is 0 Å². The van der Waals surface area contributed by atoms with Crippen LogP contribution in [-0.4, -0.2) is 36.0 Å². The van der Waals surface area contributed by atoms with E-state index in [1.54, 1.807) is 0 Å². The van der Waals surface area contributed by atoms with E-state index in [0.29, 0.717) is 12.8 Å². The lowest BCUT2D eigenvalue weighted by Gasteiger charge is -2.32. The van der Waals surface area contributed by atoms with Crippen molar-refractivity contribution in [2.24, 2.45) is 0 Å². The molecule has 0 amide bonds. The first-order valence-corrected chi connectivity index (χ1v) is 8.05. The number of Topliss-reactive ketones (excluding diaryl/α,β-unsaturated/α-hetero) is 1. The Morgan fingerprint density at radius 2 is 2.10 bits per heavy atom. The number of nitro groups is 1. The van der Waals surface area contributed by atoms with Crippen LogP contribution in [0.3, 0.4) is 0 Å². The molecule has 0 radical (unpaired) electrons. The number of rotatable bonds is 4. The zero-order valence-electron chi connectivity index (χ0n) is 11.6. The summed E-state index contributed by atoms with van der Waals surface area (Å²) in [5.74, 6) is -0.205. The third-order valence-electron chi connectivity index (χ3n) is 3.56. The molecule has 0 N–H and O–H groups in total. The first kappa shape index (κ1) is 15.6. The second-order valence-corrected chi connectivity index (χ2v) is 6.88. The van der Waals surface area contributed by atoms with Crippen molar-refractivity contribution in [1.82, 2.24) is 4.31 Å². The van der Waals surface area contributed by atoms with Crippen molar-refractivity contribution in [2.75, 3.05) is 6.54 Å². The van der Waals surface area contributed by atoms with Crippen LogP contribution in [-0.2, 0) is 14.8 Å². The van der Waals surface area contributed by atoms with Crippen molar-refractivity contribution in [3.8, 4) is 0 Å². The predicted molar refractivity (Wildman–Crippen MR) is 75.3 cm³/mol. The number of nitro benzene ring substituents is 1. The van der Waals surface area contributed by atoms with Crippen molar-refractivity contribution in [1.29, 1.82) is 0 Å². The molecule has 21 heavy (non-hydrogen) atoms. The largest absolute Gasteiger partial charge is 0.298 e. The number of piperidine rings is 1. The van der Waals surface area contributed by atoms with Crippen molar-refractivity contribution in [3.63, 3.8) is 0 Å². The standard InChI is InChI=1S/C13H16N2O5S/c1-10(16)13-7-2-3-8-14(13)21(19,20)12-6-4-5-11(9-12)15(17)18/h4-6,9,13H,2-3,7-8H2,1H3. The molecule has 1 aliphatic rings. The maximum absolute atomic E-state index is 12.6. The molecule has 114 valence electrons. The fraction of sp³-hybridized carbons (Fsp3) is 0.462. The summed E-state index contributed by atoms with van der Waals surface area (Å²) < 4.78 is 26.4. The molecule has 8 heteroatoms. The first-order chi connectivity index (χ1) is 9.84. The van der Waals surface area contributed by atoms with Gasteiger partial charge < -0.3 is 0 Å². The van der Waals surface area contributed by atoms with Gasteiger partial charge >= 0.3 is 0 Å². The van der Waals surface area contributed by atoms with Gasteiger partial charge in [0.25, 0.3) is 5.69 Å². The molecule has 0 aliphatic carbocycles. The molecule has 0 aromatic heterocycles. The maximum Gasteiger partial charge on any atom is 0.270 e. The molecule has 1 fully saturated rings. The van der Waals surface area contributed by atoms with Crippen LogP contribution in [0.1, 0.15) is 26.2 Å². The quantitative estimate of drug-likeness (QED) is 0.623. The number of ketones is 1. The Hall–Kier alpha value is -1.80. The number of carbonyl (C=O) groups is 1. The minimum absolute atomic E-state index is 0.148. The molecule has 1 aromatic rings. The van der Waals surface area contributed by atoms with Gasteiger partial charge in [0.2, 0.25) is 10.0 Å². The molecule has 1 atom stereocenters. The van der Waals surface area contributed by atoms with Crippen molar-refractivity contribution in [2.45, 2.75) is 37.1 Å². The minimum Gasteiger partial charge on any atom is -0.298 e. The van der Waals surface area contributed by atoms with Gasteiger partial charge in [0.1, 0.15) is 5.78 Å². The van der Waals surface area contributed by atoms with Crippen molar-refractivity contribution >= 4 is 21.5 Å². The van der Waals surface area contributed by atoms with E-state index in [9.17, 15) is 23.3 Å². The van der Waals surface area contributed by atoms with E-state index in [0.717, 1.165) is 16.8 Å². The Labute approximate surface area is 122 Å². The van der Waals surface area contributed by atoms with E-state index in [1.807, 2.05) is 0 Å². The summed E-state index contributed by atoms with van der Waals surface area (Å²) in [5, 5.41) is 10.8. The van der Waals surface area contributed by atoms with Crippen molar-refractivity contribution < 1.29 is 18.1 Å². The highest BCUT2D eigenvalue weighted by atomic mass is 32.2. The smallest absolute Gasteiger partial charge is 0.270 e. The minimum atomic E-state index is -3.90. The van der Waals surface area contributed by atoms with Gasteiger partial charge in [-0.25, -0.2) is 8.42 Å². The van der Waals surface area contributed by atoms with Gasteiger partial charge in [0.05, 0.1) is 15.9 Å². The zero-order valence-corrected chi connectivity index (χ0v) is 12.4. The highest BCUT2D eigenvalue weighted by molar-refractivity contribution is 7.89. The molecule has 0 saturated carbocycles. The summed E-state index contributed by atoms with van der Waals surface area (Å²) in [6.07, 6.45) is 1.96. The Bertz CT molecular complexity index is 671. The van der Waals surface area contributed by atoms with Crippen LogP contribution >= 0.6 is 0 Å². The molecular formula is C13H16N2O5S. The molecule has 1 aromatic carbocycles. The van der Waals surface area contributed by atoms with Crippen LogP contribution in [0.4, 0.5) is 5.69 Å². The van der Waals surface area contributed by atoms with Gasteiger partial charge in [-0.3, -0.25) is 14.9 Å². The lowest BCUT2D eigenvalue weighted by atomic mass is 10.0. The molecule has 1 unspecified atom stereocenters. The summed E-state index contributed by atoms with van der Waals surface area (Å²) in [6.45, 7) is 1.63. The SMILES string of the molecule is CC(=O)C1CCCCN1S(=O)(=O)c1cccc([N+](=O)[O-])c1. The number of sulfonamides is 1. The number of benzene rings is 1. The van der Waals surface area contributed by atoms with Crippen LogP contribution < -0.4 is 0 Å². The van der Waals surface area contributed by atoms with E-state index >= 15 is 0 Å². The Kier molecular flexibility index (Phi) is 4.38. The molecule has 1 heterocycles. The fourth-order valence-corrected chi connectivity index (χ4v) is 4.24. The number of carbonyl (C=O) groups excluding carboxylic acids is 1. The third-order valence-corrected chi connectivity index (χ3v) is 5.46. The highest BCUT2D eigenvalue weighted by Crippen LogP contribution is 2.27. The maximum atomic E-state index is 12.6. The van der Waals surface area contributed by atoms with Gasteiger partial charge in [0, 0.05) is 18.7 Å². The Balaban J connectivity index is 2.43. The normalized spacial score (nSPS) is 20.1. The van der Waals surface area contributed by atoms with Crippen LogP contribution in [0.15, 0.2) is 29.2 Å². The molecule has 0 bridgehead atoms. The molecule has 7 nitrogen and oxygen atoms in total. The molecule has 1 aliphatic heterocycles. The monoisotopic (exact) mass is 312 g/mol. The van der Waals surface area contributed by atoms with E-state index in [2.05, 4.69) is 0 Å². The lowest BCUT2D eigenvalue weighted by molar-refractivity contribution is -0.385. The average molecular weight is 312 g/mol. The fourth-order valence-electron chi connectivity index (χ4n) is 2.49. The average Bonchev–Trinajstić information content (AvgIpc) is 2.47. The topological polar surface area (TPSA) is 97.6 Å². The van der Waals surface area contributed by atoms with Gasteiger partial charge in [-0.05, 0) is 25.8 Å². The van der Waals surface area contributed by atoms with Gasteiger partial charge in [-0.2, -0.15) is 4.31 Å². The van der Waals surface area contributed by atoms with Crippen LogP contribution in [0.25, 0.3) is 0 Å². The molecular weight excluding hydrogens is 296 g/mol. The Morgan fingerprint density at radius 3 is 2.71 bits per heavy atom. The number of non-ortho nitro benzene ring substituents is 1. The molecule has 1 saturated heterocycles. The summed E-state index contributed by atoms with van der Waals surface area (Å²) in [4.78, 5) is 21.6. The second kappa shape index (κ2) is 5.90. The number of nitrogens with zero attached hydrogens (tertiary/aromatic N) is 2.